The van der Waals surface area contributed by atoms with Gasteiger partial charge in [0.1, 0.15) is 5.60 Å². The second-order valence-electron chi connectivity index (χ2n) is 5.83. The van der Waals surface area contributed by atoms with Crippen LogP contribution in [-0.2, 0) is 15.1 Å². The molecule has 0 spiro atoms. The largest absolute Gasteiger partial charge is 0.350 e. The molecule has 1 atom stereocenters. The van der Waals surface area contributed by atoms with Crippen LogP contribution in [0, 0.1) is 0 Å². The summed E-state index contributed by atoms with van der Waals surface area (Å²) in [5.74, 6) is 0.852. The molecule has 0 radical (unpaired) electrons. The Morgan fingerprint density at radius 1 is 1.16 bits per heavy atom. The van der Waals surface area contributed by atoms with E-state index in [0.29, 0.717) is 0 Å². The van der Waals surface area contributed by atoms with Gasteiger partial charge in [-0.3, -0.25) is 9.00 Å². The molecule has 0 bridgehead atoms. The van der Waals surface area contributed by atoms with Crippen LogP contribution >= 0.6 is 0 Å². The molecule has 19 heavy (non-hydrogen) atoms. The van der Waals surface area contributed by atoms with Crippen molar-refractivity contribution >= 4 is 14.1 Å². The minimum atomic E-state index is -1.73. The van der Waals surface area contributed by atoms with Crippen LogP contribution in [0.1, 0.15) is 22.5 Å². The summed E-state index contributed by atoms with van der Waals surface area (Å²) in [6.07, 6.45) is 3.92. The van der Waals surface area contributed by atoms with E-state index < -0.39 is 13.9 Å². The van der Waals surface area contributed by atoms with E-state index >= 15 is 0 Å². The zero-order chi connectivity index (χ0) is 14.1. The standard InChI is InChI=1S/C15H21O3Si/c1-15(17-18-19(3,4)5)11-10-14(16-2)12-8-6-7-9-13(12)15/h6-11H,1-5H3/q+1. The lowest BCUT2D eigenvalue weighted by Gasteiger charge is -2.31. The third-order valence-electron chi connectivity index (χ3n) is 2.96. The van der Waals surface area contributed by atoms with Gasteiger partial charge in [0.2, 0.25) is 8.32 Å². The molecule has 0 aliphatic heterocycles. The molecular weight excluding hydrogens is 256 g/mol. The highest BCUT2D eigenvalue weighted by Gasteiger charge is 2.37. The molecule has 0 saturated carbocycles. The summed E-state index contributed by atoms with van der Waals surface area (Å²) in [5, 5.41) is 0. The molecule has 102 valence electrons. The lowest BCUT2D eigenvalue weighted by Crippen LogP contribution is -2.35. The number of ketones is 1. The molecule has 1 aromatic carbocycles. The number of rotatable bonds is 3. The van der Waals surface area contributed by atoms with Crippen LogP contribution in [0.4, 0.5) is 0 Å². The first-order valence-electron chi connectivity index (χ1n) is 6.43. The quantitative estimate of drug-likeness (QED) is 0.366. The Morgan fingerprint density at radius 3 is 2.47 bits per heavy atom. The van der Waals surface area contributed by atoms with Gasteiger partial charge in [-0.15, -0.1) is 0 Å². The second kappa shape index (κ2) is 5.04. The van der Waals surface area contributed by atoms with Crippen molar-refractivity contribution in [1.29, 1.82) is 0 Å². The van der Waals surface area contributed by atoms with Crippen molar-refractivity contribution < 1.29 is 13.9 Å². The van der Waals surface area contributed by atoms with Crippen molar-refractivity contribution in [3.63, 3.8) is 0 Å². The van der Waals surface area contributed by atoms with Gasteiger partial charge in [-0.25, -0.2) is 4.89 Å². The lowest BCUT2D eigenvalue weighted by atomic mass is 9.85. The maximum Gasteiger partial charge on any atom is 0.350 e. The van der Waals surface area contributed by atoms with Gasteiger partial charge >= 0.3 is 5.78 Å². The van der Waals surface area contributed by atoms with Crippen molar-refractivity contribution in [3.8, 4) is 0 Å². The molecule has 1 aliphatic carbocycles. The smallest absolute Gasteiger partial charge is 0.286 e. The highest BCUT2D eigenvalue weighted by Crippen LogP contribution is 2.34. The maximum atomic E-state index is 5.76. The van der Waals surface area contributed by atoms with Crippen molar-refractivity contribution in [2.24, 2.45) is 0 Å². The zero-order valence-electron chi connectivity index (χ0n) is 12.2. The molecule has 1 unspecified atom stereocenters. The van der Waals surface area contributed by atoms with Gasteiger partial charge in [0.25, 0.3) is 7.11 Å². The fourth-order valence-corrected chi connectivity index (χ4v) is 2.43. The number of hydrogen-bond acceptors (Lipinski definition) is 2. The van der Waals surface area contributed by atoms with Crippen LogP contribution in [0.15, 0.2) is 36.4 Å². The Labute approximate surface area is 115 Å². The molecule has 0 saturated heterocycles. The van der Waals surface area contributed by atoms with E-state index in [-0.39, 0.29) is 0 Å². The van der Waals surface area contributed by atoms with E-state index in [4.69, 9.17) is 13.9 Å². The predicted octanol–water partition coefficient (Wildman–Crippen LogP) is 3.60. The van der Waals surface area contributed by atoms with E-state index in [1.54, 1.807) is 7.11 Å². The molecule has 3 nitrogen and oxygen atoms in total. The summed E-state index contributed by atoms with van der Waals surface area (Å²) in [7, 11) is -0.0498. The summed E-state index contributed by atoms with van der Waals surface area (Å²) in [4.78, 5) is 5.76. The first-order chi connectivity index (χ1) is 8.86. The van der Waals surface area contributed by atoms with E-state index in [1.165, 1.54) is 0 Å². The van der Waals surface area contributed by atoms with Gasteiger partial charge in [-0.1, -0.05) is 18.2 Å². The van der Waals surface area contributed by atoms with Gasteiger partial charge in [0, 0.05) is 11.6 Å². The Balaban J connectivity index is 2.38. The minimum Gasteiger partial charge on any atom is -0.286 e. The first kappa shape index (κ1) is 14.2. The molecule has 1 aromatic rings. The fraction of sp³-hybridized carbons (Fsp3) is 0.400. The Kier molecular flexibility index (Phi) is 3.76. The molecule has 4 heteroatoms. The van der Waals surface area contributed by atoms with Crippen LogP contribution < -0.4 is 0 Å². The van der Waals surface area contributed by atoms with Crippen LogP contribution in [-0.4, -0.2) is 21.2 Å². The molecule has 2 rings (SSSR count). The van der Waals surface area contributed by atoms with Gasteiger partial charge in [-0.2, -0.15) is 0 Å². The Morgan fingerprint density at radius 2 is 1.84 bits per heavy atom. The van der Waals surface area contributed by atoms with E-state index in [0.717, 1.165) is 16.9 Å². The van der Waals surface area contributed by atoms with E-state index in [1.807, 2.05) is 43.3 Å². The number of fused-ring (bicyclic) bond motifs is 1. The Hall–Kier alpha value is -1.23. The number of carbonyl (C=O) groups excluding carboxylic acids is 1. The van der Waals surface area contributed by atoms with Gasteiger partial charge in [-0.05, 0) is 38.7 Å². The van der Waals surface area contributed by atoms with E-state index in [2.05, 4.69) is 19.6 Å². The molecular formula is C15H21O3Si+. The first-order valence-corrected chi connectivity index (χ1v) is 9.83. The van der Waals surface area contributed by atoms with Crippen LogP contribution in [0.5, 0.6) is 0 Å². The number of hydrogen-bond donors (Lipinski definition) is 0. The number of benzene rings is 1. The molecule has 0 fully saturated rings. The summed E-state index contributed by atoms with van der Waals surface area (Å²) in [5.41, 5.74) is 1.54. The average molecular weight is 277 g/mol. The summed E-state index contributed by atoms with van der Waals surface area (Å²) >= 11 is 0. The summed E-state index contributed by atoms with van der Waals surface area (Å²) in [6.45, 7) is 8.31. The molecule has 1 aliphatic rings. The SMILES string of the molecule is C[O+]=C1C=CC(C)(OO[Si](C)(C)C)c2ccccc21. The predicted molar refractivity (Wildman–Crippen MR) is 78.7 cm³/mol. The van der Waals surface area contributed by atoms with Gasteiger partial charge in [0.05, 0.1) is 5.56 Å². The topological polar surface area (TPSA) is 29.8 Å². The van der Waals surface area contributed by atoms with Gasteiger partial charge in [0.15, 0.2) is 0 Å². The third kappa shape index (κ3) is 3.02. The maximum absolute atomic E-state index is 5.76. The van der Waals surface area contributed by atoms with Crippen LogP contribution in [0.3, 0.4) is 0 Å². The normalized spacial score (nSPS) is 24.6. The average Bonchev–Trinajstić information content (AvgIpc) is 2.37. The van der Waals surface area contributed by atoms with E-state index in [9.17, 15) is 0 Å². The fourth-order valence-electron chi connectivity index (χ4n) is 2.01. The lowest BCUT2D eigenvalue weighted by molar-refractivity contribution is -0.285. The van der Waals surface area contributed by atoms with Crippen LogP contribution in [0.2, 0.25) is 19.6 Å². The third-order valence-corrected chi connectivity index (χ3v) is 3.55. The van der Waals surface area contributed by atoms with Crippen molar-refractivity contribution in [1.82, 2.24) is 0 Å². The van der Waals surface area contributed by atoms with Crippen molar-refractivity contribution in [2.75, 3.05) is 7.11 Å². The molecule has 0 heterocycles. The second-order valence-corrected chi connectivity index (χ2v) is 10.2. The Bertz CT molecular complexity index is 528. The van der Waals surface area contributed by atoms with Crippen molar-refractivity contribution in [2.45, 2.75) is 32.2 Å². The van der Waals surface area contributed by atoms with Gasteiger partial charge < -0.3 is 0 Å². The molecule has 0 aromatic heterocycles. The summed E-state index contributed by atoms with van der Waals surface area (Å²) < 4.78 is 11.0. The molecule has 0 N–H and O–H groups in total. The van der Waals surface area contributed by atoms with Crippen LogP contribution in [0.25, 0.3) is 0 Å². The number of allylic oxidation sites excluding steroid dienone is 1. The highest BCUT2D eigenvalue weighted by molar-refractivity contribution is 6.69. The highest BCUT2D eigenvalue weighted by atomic mass is 28.4. The summed E-state index contributed by atoms with van der Waals surface area (Å²) in [6, 6.07) is 8.08. The molecule has 0 amide bonds. The van der Waals surface area contributed by atoms with Crippen molar-refractivity contribution in [3.05, 3.63) is 47.5 Å². The monoisotopic (exact) mass is 277 g/mol. The zero-order valence-corrected chi connectivity index (χ0v) is 13.2. The minimum absolute atomic E-state index is 0.571.